The van der Waals surface area contributed by atoms with E-state index in [4.69, 9.17) is 5.10 Å². The molecule has 2 aromatic heterocycles. The lowest BCUT2D eigenvalue weighted by molar-refractivity contribution is 0.0691. The van der Waals surface area contributed by atoms with E-state index in [1.807, 2.05) is 0 Å². The zero-order chi connectivity index (χ0) is 23.5. The average molecular weight is 454 g/mol. The minimum Gasteiger partial charge on any atom is -0.477 e. The first-order valence-electron chi connectivity index (χ1n) is 11.8. The van der Waals surface area contributed by atoms with Gasteiger partial charge in [-0.25, -0.2) is 18.9 Å². The van der Waals surface area contributed by atoms with Crippen molar-refractivity contribution < 1.29 is 14.3 Å². The van der Waals surface area contributed by atoms with Gasteiger partial charge in [0.25, 0.3) is 0 Å². The van der Waals surface area contributed by atoms with Crippen molar-refractivity contribution in [3.8, 4) is 5.69 Å². The smallest absolute Gasteiger partial charge is 0.354 e. The summed E-state index contributed by atoms with van der Waals surface area (Å²) in [7, 11) is 0. The van der Waals surface area contributed by atoms with Gasteiger partial charge in [-0.1, -0.05) is 27.2 Å². The molecule has 0 aliphatic carbocycles. The van der Waals surface area contributed by atoms with E-state index in [9.17, 15) is 14.3 Å². The first-order valence-corrected chi connectivity index (χ1v) is 11.8. The normalized spacial score (nSPS) is 15.4. The number of halogens is 1. The standard InChI is InChI=1S/C25H32FN5O2/c1-4-5-11-29-12-6-13-30(15-14-29)21-16-20(25(32)33)27-24-22(21)23(17(2)3)28-31(24)19-9-7-18(26)8-10-19/h7-10,16-17H,4-6,11-15H2,1-3H3,(H,32,33). The van der Waals surface area contributed by atoms with Crippen LogP contribution >= 0.6 is 0 Å². The lowest BCUT2D eigenvalue weighted by Crippen LogP contribution is -2.31. The Balaban J connectivity index is 1.85. The molecule has 1 aromatic carbocycles. The molecule has 7 nitrogen and oxygen atoms in total. The van der Waals surface area contributed by atoms with Crippen molar-refractivity contribution in [1.29, 1.82) is 0 Å². The molecule has 33 heavy (non-hydrogen) atoms. The Hall–Kier alpha value is -3.00. The van der Waals surface area contributed by atoms with Gasteiger partial charge < -0.3 is 14.9 Å². The quantitative estimate of drug-likeness (QED) is 0.559. The third kappa shape index (κ3) is 4.85. The predicted octanol–water partition coefficient (Wildman–Crippen LogP) is 4.69. The summed E-state index contributed by atoms with van der Waals surface area (Å²) in [5.74, 6) is -1.30. The maximum Gasteiger partial charge on any atom is 0.354 e. The summed E-state index contributed by atoms with van der Waals surface area (Å²) >= 11 is 0. The maximum absolute atomic E-state index is 13.5. The van der Waals surface area contributed by atoms with Crippen LogP contribution in [-0.2, 0) is 0 Å². The van der Waals surface area contributed by atoms with Gasteiger partial charge in [-0.3, -0.25) is 0 Å². The summed E-state index contributed by atoms with van der Waals surface area (Å²) in [5.41, 5.74) is 2.86. The first-order chi connectivity index (χ1) is 15.9. The highest BCUT2D eigenvalue weighted by molar-refractivity contribution is 5.98. The van der Waals surface area contributed by atoms with Gasteiger partial charge in [0.15, 0.2) is 11.3 Å². The molecule has 0 saturated carbocycles. The van der Waals surface area contributed by atoms with E-state index in [2.05, 4.69) is 35.6 Å². The van der Waals surface area contributed by atoms with E-state index < -0.39 is 5.97 Å². The summed E-state index contributed by atoms with van der Waals surface area (Å²) in [6, 6.07) is 7.71. The maximum atomic E-state index is 13.5. The number of anilines is 1. The number of rotatable bonds is 7. The van der Waals surface area contributed by atoms with Gasteiger partial charge >= 0.3 is 5.97 Å². The van der Waals surface area contributed by atoms with Gasteiger partial charge in [0.2, 0.25) is 0 Å². The Morgan fingerprint density at radius 1 is 1.15 bits per heavy atom. The van der Waals surface area contributed by atoms with E-state index in [0.29, 0.717) is 11.3 Å². The largest absolute Gasteiger partial charge is 0.477 e. The fraction of sp³-hybridized carbons (Fsp3) is 0.480. The average Bonchev–Trinajstić information content (AvgIpc) is 3.03. The van der Waals surface area contributed by atoms with E-state index in [-0.39, 0.29) is 17.4 Å². The molecule has 0 unspecified atom stereocenters. The van der Waals surface area contributed by atoms with Gasteiger partial charge in [0.05, 0.1) is 22.5 Å². The zero-order valence-corrected chi connectivity index (χ0v) is 19.6. The molecule has 1 aliphatic heterocycles. The molecule has 3 heterocycles. The van der Waals surface area contributed by atoms with Crippen LogP contribution in [0.2, 0.25) is 0 Å². The monoisotopic (exact) mass is 453 g/mol. The zero-order valence-electron chi connectivity index (χ0n) is 19.6. The fourth-order valence-electron chi connectivity index (χ4n) is 4.47. The third-order valence-electron chi connectivity index (χ3n) is 6.24. The number of benzene rings is 1. The molecule has 1 N–H and O–H groups in total. The van der Waals surface area contributed by atoms with Gasteiger partial charge in [0, 0.05) is 19.6 Å². The fourth-order valence-corrected chi connectivity index (χ4v) is 4.47. The molecule has 1 fully saturated rings. The van der Waals surface area contributed by atoms with Gasteiger partial charge in [-0.15, -0.1) is 0 Å². The topological polar surface area (TPSA) is 74.5 Å². The highest BCUT2D eigenvalue weighted by atomic mass is 19.1. The first kappa shape index (κ1) is 23.2. The second kappa shape index (κ2) is 9.87. The number of carboxylic acids is 1. The summed E-state index contributed by atoms with van der Waals surface area (Å²) in [4.78, 5) is 21.2. The number of pyridine rings is 1. The molecule has 0 bridgehead atoms. The Morgan fingerprint density at radius 2 is 1.91 bits per heavy atom. The molecule has 0 radical (unpaired) electrons. The van der Waals surface area contributed by atoms with Crippen LogP contribution in [-0.4, -0.2) is 63.5 Å². The third-order valence-corrected chi connectivity index (χ3v) is 6.24. The van der Waals surface area contributed by atoms with E-state index in [0.717, 1.165) is 55.9 Å². The van der Waals surface area contributed by atoms with Gasteiger partial charge in [-0.2, -0.15) is 5.10 Å². The number of unbranched alkanes of at least 4 members (excludes halogenated alkanes) is 1. The number of nitrogens with zero attached hydrogens (tertiary/aromatic N) is 5. The number of carboxylic acid groups (broad SMARTS) is 1. The van der Waals surface area contributed by atoms with Crippen LogP contribution < -0.4 is 4.90 Å². The highest BCUT2D eigenvalue weighted by Gasteiger charge is 2.26. The lowest BCUT2D eigenvalue weighted by Gasteiger charge is -2.25. The molecular formula is C25H32FN5O2. The van der Waals surface area contributed by atoms with Crippen LogP contribution in [0.4, 0.5) is 10.1 Å². The second-order valence-corrected chi connectivity index (χ2v) is 8.99. The molecule has 3 aromatic rings. The summed E-state index contributed by atoms with van der Waals surface area (Å²) < 4.78 is 15.2. The van der Waals surface area contributed by atoms with Crippen molar-refractivity contribution in [1.82, 2.24) is 19.7 Å². The minimum absolute atomic E-state index is 0.0110. The molecule has 176 valence electrons. The summed E-state index contributed by atoms with van der Waals surface area (Å²) in [5, 5.41) is 15.5. The lowest BCUT2D eigenvalue weighted by atomic mass is 10.0. The molecule has 4 rings (SSSR count). The van der Waals surface area contributed by atoms with Crippen LogP contribution in [0.25, 0.3) is 16.7 Å². The molecule has 0 amide bonds. The predicted molar refractivity (Wildman–Crippen MR) is 128 cm³/mol. The molecule has 0 atom stereocenters. The number of carbonyl (C=O) groups is 1. The second-order valence-electron chi connectivity index (χ2n) is 8.99. The van der Waals surface area contributed by atoms with Crippen LogP contribution in [0.1, 0.15) is 62.1 Å². The molecule has 0 spiro atoms. The summed E-state index contributed by atoms with van der Waals surface area (Å²) in [6.07, 6.45) is 3.37. The number of aromatic nitrogens is 3. The van der Waals surface area contributed by atoms with Crippen molar-refractivity contribution in [2.24, 2.45) is 0 Å². The number of fused-ring (bicyclic) bond motifs is 1. The SMILES string of the molecule is CCCCN1CCCN(c2cc(C(=O)O)nc3c2c(C(C)C)nn3-c2ccc(F)cc2)CC1. The van der Waals surface area contributed by atoms with Crippen molar-refractivity contribution in [2.75, 3.05) is 37.6 Å². The Morgan fingerprint density at radius 3 is 2.58 bits per heavy atom. The van der Waals surface area contributed by atoms with Gasteiger partial charge in [0.1, 0.15) is 5.82 Å². The van der Waals surface area contributed by atoms with Crippen LogP contribution in [0.5, 0.6) is 0 Å². The van der Waals surface area contributed by atoms with Crippen LogP contribution in [0, 0.1) is 5.82 Å². The Labute approximate surface area is 193 Å². The number of hydrogen-bond acceptors (Lipinski definition) is 5. The van der Waals surface area contributed by atoms with Crippen molar-refractivity contribution in [2.45, 2.75) is 46.0 Å². The van der Waals surface area contributed by atoms with E-state index in [1.54, 1.807) is 22.9 Å². The number of aromatic carboxylic acids is 1. The Kier molecular flexibility index (Phi) is 6.93. The van der Waals surface area contributed by atoms with Crippen molar-refractivity contribution >= 4 is 22.7 Å². The van der Waals surface area contributed by atoms with Crippen LogP contribution in [0.15, 0.2) is 30.3 Å². The van der Waals surface area contributed by atoms with E-state index in [1.165, 1.54) is 25.0 Å². The Bertz CT molecular complexity index is 1130. The van der Waals surface area contributed by atoms with E-state index >= 15 is 0 Å². The number of hydrogen-bond donors (Lipinski definition) is 1. The molecule has 1 saturated heterocycles. The minimum atomic E-state index is -1.07. The van der Waals surface area contributed by atoms with Crippen molar-refractivity contribution in [3.63, 3.8) is 0 Å². The molecular weight excluding hydrogens is 421 g/mol. The summed E-state index contributed by atoms with van der Waals surface area (Å²) in [6.45, 7) is 11.1. The van der Waals surface area contributed by atoms with Crippen molar-refractivity contribution in [3.05, 3.63) is 47.5 Å². The molecule has 1 aliphatic rings. The molecule has 8 heteroatoms. The van der Waals surface area contributed by atoms with Crippen LogP contribution in [0.3, 0.4) is 0 Å². The highest BCUT2D eigenvalue weighted by Crippen LogP contribution is 2.35. The van der Waals surface area contributed by atoms with Gasteiger partial charge in [-0.05, 0) is 62.2 Å².